The van der Waals surface area contributed by atoms with E-state index in [0.717, 1.165) is 19.6 Å². The minimum absolute atomic E-state index is 0.0269. The zero-order valence-corrected chi connectivity index (χ0v) is 12.3. The van der Waals surface area contributed by atoms with Crippen LogP contribution in [-0.4, -0.2) is 65.1 Å². The van der Waals surface area contributed by atoms with Crippen molar-refractivity contribution < 1.29 is 23.7 Å². The number of ether oxygens (including phenoxy) is 5. The zero-order chi connectivity index (χ0) is 13.8. The molecule has 1 saturated heterocycles. The maximum atomic E-state index is 5.43. The second-order valence-electron chi connectivity index (χ2n) is 4.98. The van der Waals surface area contributed by atoms with Gasteiger partial charge >= 0.3 is 0 Å². The number of hydrogen-bond donors (Lipinski definition) is 0. The van der Waals surface area contributed by atoms with Gasteiger partial charge in [0.2, 0.25) is 0 Å². The zero-order valence-electron chi connectivity index (χ0n) is 12.3. The van der Waals surface area contributed by atoms with Crippen LogP contribution >= 0.6 is 0 Å². The summed E-state index contributed by atoms with van der Waals surface area (Å²) in [5.74, 6) is 0. The molecule has 0 amide bonds. The lowest BCUT2D eigenvalue weighted by atomic mass is 10.2. The van der Waals surface area contributed by atoms with Crippen LogP contribution in [0.3, 0.4) is 0 Å². The predicted octanol–water partition coefficient (Wildman–Crippen LogP) is 1.64. The van der Waals surface area contributed by atoms with E-state index < -0.39 is 0 Å². The summed E-state index contributed by atoms with van der Waals surface area (Å²) in [6.07, 6.45) is 2.29. The van der Waals surface area contributed by atoms with Crippen LogP contribution in [0, 0.1) is 0 Å². The topological polar surface area (TPSA) is 49.5 Å². The van der Waals surface area contributed by atoms with Crippen molar-refractivity contribution >= 4 is 0 Å². The van der Waals surface area contributed by atoms with Crippen molar-refractivity contribution in [1.29, 1.82) is 0 Å². The van der Waals surface area contributed by atoms with E-state index in [2.05, 4.69) is 6.92 Å². The first kappa shape index (κ1) is 16.9. The number of epoxide rings is 1. The van der Waals surface area contributed by atoms with Crippen LogP contribution < -0.4 is 0 Å². The molecule has 1 unspecified atom stereocenters. The Hall–Kier alpha value is -0.200. The van der Waals surface area contributed by atoms with E-state index in [1.54, 1.807) is 0 Å². The predicted molar refractivity (Wildman–Crippen MR) is 72.5 cm³/mol. The van der Waals surface area contributed by atoms with Gasteiger partial charge in [-0.05, 0) is 13.3 Å². The monoisotopic (exact) mass is 276 g/mol. The number of rotatable bonds is 14. The van der Waals surface area contributed by atoms with E-state index in [4.69, 9.17) is 23.7 Å². The first-order valence-electron chi connectivity index (χ1n) is 7.22. The fraction of sp³-hybridized carbons (Fsp3) is 1.00. The molecule has 0 spiro atoms. The maximum Gasteiger partial charge on any atom is 0.112 e. The smallest absolute Gasteiger partial charge is 0.112 e. The van der Waals surface area contributed by atoms with Gasteiger partial charge in [0.05, 0.1) is 52.9 Å². The van der Waals surface area contributed by atoms with E-state index in [1.165, 1.54) is 6.42 Å². The Morgan fingerprint density at radius 3 is 1.79 bits per heavy atom. The lowest BCUT2D eigenvalue weighted by Gasteiger charge is -2.08. The molecule has 0 aromatic carbocycles. The lowest BCUT2D eigenvalue weighted by molar-refractivity contribution is -0.00745. The van der Waals surface area contributed by atoms with Crippen molar-refractivity contribution in [3.8, 4) is 0 Å². The third-order valence-electron chi connectivity index (χ3n) is 2.80. The van der Waals surface area contributed by atoms with Crippen LogP contribution in [0.25, 0.3) is 0 Å². The highest BCUT2D eigenvalue weighted by atomic mass is 16.6. The summed E-state index contributed by atoms with van der Waals surface area (Å²) in [6.45, 7) is 10.2. The molecule has 0 N–H and O–H groups in total. The van der Waals surface area contributed by atoms with Gasteiger partial charge in [0, 0.05) is 6.61 Å². The van der Waals surface area contributed by atoms with Gasteiger partial charge in [-0.15, -0.1) is 0 Å². The normalized spacial score (nSPS) is 21.8. The molecule has 1 fully saturated rings. The fourth-order valence-corrected chi connectivity index (χ4v) is 1.40. The van der Waals surface area contributed by atoms with Gasteiger partial charge in [0.15, 0.2) is 0 Å². The highest BCUT2D eigenvalue weighted by Crippen LogP contribution is 2.25. The molecule has 1 atom stereocenters. The molecule has 19 heavy (non-hydrogen) atoms. The van der Waals surface area contributed by atoms with Crippen LogP contribution in [-0.2, 0) is 23.7 Å². The molecule has 1 aliphatic rings. The van der Waals surface area contributed by atoms with Gasteiger partial charge in [-0.2, -0.15) is 0 Å². The van der Waals surface area contributed by atoms with Crippen molar-refractivity contribution in [3.63, 3.8) is 0 Å². The molecule has 1 aliphatic heterocycles. The van der Waals surface area contributed by atoms with Crippen LogP contribution in [0.2, 0.25) is 0 Å². The summed E-state index contributed by atoms with van der Waals surface area (Å²) >= 11 is 0. The third-order valence-corrected chi connectivity index (χ3v) is 2.80. The second kappa shape index (κ2) is 10.6. The van der Waals surface area contributed by atoms with E-state index in [1.807, 2.05) is 6.92 Å². The largest absolute Gasteiger partial charge is 0.379 e. The van der Waals surface area contributed by atoms with E-state index in [0.29, 0.717) is 46.2 Å². The molecular formula is C14H28O5. The fourth-order valence-electron chi connectivity index (χ4n) is 1.40. The second-order valence-corrected chi connectivity index (χ2v) is 4.98. The van der Waals surface area contributed by atoms with Crippen molar-refractivity contribution in [3.05, 3.63) is 0 Å². The molecule has 0 aromatic rings. The average molecular weight is 276 g/mol. The Morgan fingerprint density at radius 2 is 1.32 bits per heavy atom. The molecule has 0 bridgehead atoms. The van der Waals surface area contributed by atoms with Crippen molar-refractivity contribution in [2.24, 2.45) is 0 Å². The van der Waals surface area contributed by atoms with E-state index >= 15 is 0 Å². The first-order chi connectivity index (χ1) is 9.27. The third kappa shape index (κ3) is 10.3. The first-order valence-corrected chi connectivity index (χ1v) is 7.22. The Balaban J connectivity index is 1.65. The Kier molecular flexibility index (Phi) is 9.38. The Morgan fingerprint density at radius 1 is 0.842 bits per heavy atom. The van der Waals surface area contributed by atoms with Crippen molar-refractivity contribution in [2.75, 3.05) is 59.5 Å². The average Bonchev–Trinajstić information content (AvgIpc) is 3.13. The molecule has 1 rings (SSSR count). The van der Waals surface area contributed by atoms with Crippen LogP contribution in [0.4, 0.5) is 0 Å². The van der Waals surface area contributed by atoms with Gasteiger partial charge < -0.3 is 23.7 Å². The molecule has 0 radical (unpaired) electrons. The molecule has 5 nitrogen and oxygen atoms in total. The van der Waals surface area contributed by atoms with Crippen LogP contribution in [0.15, 0.2) is 0 Å². The van der Waals surface area contributed by atoms with Crippen LogP contribution in [0.5, 0.6) is 0 Å². The number of unbranched alkanes of at least 4 members (excludes halogenated alkanes) is 1. The van der Waals surface area contributed by atoms with E-state index in [9.17, 15) is 0 Å². The SMILES string of the molecule is CCCCOCCOCCOCCOCC1(C)CO1. The standard InChI is InChI=1S/C14H28O5/c1-3-4-5-15-6-7-16-8-9-17-10-11-18-12-14(2)13-19-14/h3-13H2,1-2H3. The molecule has 0 aromatic heterocycles. The summed E-state index contributed by atoms with van der Waals surface area (Å²) in [6, 6.07) is 0. The highest BCUT2D eigenvalue weighted by molar-refractivity contribution is 4.86. The molecule has 114 valence electrons. The van der Waals surface area contributed by atoms with Gasteiger partial charge in [-0.1, -0.05) is 13.3 Å². The van der Waals surface area contributed by atoms with Crippen LogP contribution in [0.1, 0.15) is 26.7 Å². The Bertz CT molecular complexity index is 206. The van der Waals surface area contributed by atoms with Crippen molar-refractivity contribution in [1.82, 2.24) is 0 Å². The Labute approximate surface area is 116 Å². The summed E-state index contributed by atoms with van der Waals surface area (Å²) < 4.78 is 26.8. The molecule has 0 saturated carbocycles. The summed E-state index contributed by atoms with van der Waals surface area (Å²) in [4.78, 5) is 0. The summed E-state index contributed by atoms with van der Waals surface area (Å²) in [7, 11) is 0. The summed E-state index contributed by atoms with van der Waals surface area (Å²) in [5, 5.41) is 0. The molecule has 5 heteroatoms. The van der Waals surface area contributed by atoms with Gasteiger partial charge in [0.25, 0.3) is 0 Å². The minimum Gasteiger partial charge on any atom is -0.379 e. The van der Waals surface area contributed by atoms with Crippen molar-refractivity contribution in [2.45, 2.75) is 32.3 Å². The van der Waals surface area contributed by atoms with E-state index in [-0.39, 0.29) is 5.60 Å². The van der Waals surface area contributed by atoms with Gasteiger partial charge in [-0.25, -0.2) is 0 Å². The minimum atomic E-state index is -0.0269. The lowest BCUT2D eigenvalue weighted by Crippen LogP contribution is -2.17. The van der Waals surface area contributed by atoms with Gasteiger partial charge in [-0.3, -0.25) is 0 Å². The quantitative estimate of drug-likeness (QED) is 0.356. The molecule has 1 heterocycles. The molecule has 0 aliphatic carbocycles. The highest BCUT2D eigenvalue weighted by Gasteiger charge is 2.39. The molecular weight excluding hydrogens is 248 g/mol. The van der Waals surface area contributed by atoms with Gasteiger partial charge in [0.1, 0.15) is 5.60 Å². The summed E-state index contributed by atoms with van der Waals surface area (Å²) in [5.41, 5.74) is -0.0269. The number of hydrogen-bond acceptors (Lipinski definition) is 5. The maximum absolute atomic E-state index is 5.43.